The molecule has 3 rings (SSSR count). The van der Waals surface area contributed by atoms with Gasteiger partial charge in [-0.3, -0.25) is 4.79 Å². The second-order valence-corrected chi connectivity index (χ2v) is 5.76. The van der Waals surface area contributed by atoms with E-state index in [2.05, 4.69) is 55.5 Å². The fraction of sp³-hybridized carbons (Fsp3) is 0.136. The maximum atomic E-state index is 11.3. The normalized spacial score (nSPS) is 10.5. The van der Waals surface area contributed by atoms with Crippen LogP contribution in [0.15, 0.2) is 72.8 Å². The Labute approximate surface area is 137 Å². The van der Waals surface area contributed by atoms with Crippen molar-refractivity contribution in [2.24, 2.45) is 0 Å². The third-order valence-electron chi connectivity index (χ3n) is 4.21. The summed E-state index contributed by atoms with van der Waals surface area (Å²) >= 11 is 0. The summed E-state index contributed by atoms with van der Waals surface area (Å²) in [5.41, 5.74) is 6.85. The summed E-state index contributed by atoms with van der Waals surface area (Å²) in [4.78, 5) is 11.3. The second-order valence-electron chi connectivity index (χ2n) is 5.76. The van der Waals surface area contributed by atoms with Gasteiger partial charge in [0.05, 0.1) is 0 Å². The van der Waals surface area contributed by atoms with Gasteiger partial charge in [-0.15, -0.1) is 0 Å². The zero-order chi connectivity index (χ0) is 16.2. The minimum atomic E-state index is 0.0995. The first kappa shape index (κ1) is 15.2. The minimum Gasteiger partial charge on any atom is -0.295 e. The van der Waals surface area contributed by atoms with Gasteiger partial charge in [-0.05, 0) is 41.2 Å². The van der Waals surface area contributed by atoms with Crippen LogP contribution in [0.5, 0.6) is 0 Å². The summed E-state index contributed by atoms with van der Waals surface area (Å²) in [5.74, 6) is 0.0995. The monoisotopic (exact) mass is 300 g/mol. The third kappa shape index (κ3) is 3.40. The van der Waals surface area contributed by atoms with Crippen molar-refractivity contribution in [3.8, 4) is 22.3 Å². The fourth-order valence-electron chi connectivity index (χ4n) is 2.69. The van der Waals surface area contributed by atoms with Crippen molar-refractivity contribution in [2.45, 2.75) is 20.3 Å². The number of carbonyl (C=O) groups excluding carboxylic acids is 1. The smallest absolute Gasteiger partial charge is 0.159 e. The molecule has 0 saturated heterocycles. The first-order valence-electron chi connectivity index (χ1n) is 7.98. The van der Waals surface area contributed by atoms with E-state index in [-0.39, 0.29) is 5.78 Å². The quantitative estimate of drug-likeness (QED) is 0.558. The maximum Gasteiger partial charge on any atom is 0.159 e. The molecule has 0 aliphatic carbocycles. The molecular formula is C22H20O. The lowest BCUT2D eigenvalue weighted by atomic mass is 9.98. The molecule has 0 N–H and O–H groups in total. The highest BCUT2D eigenvalue weighted by atomic mass is 16.1. The zero-order valence-corrected chi connectivity index (χ0v) is 13.5. The predicted molar refractivity (Wildman–Crippen MR) is 96.7 cm³/mol. The molecule has 23 heavy (non-hydrogen) atoms. The van der Waals surface area contributed by atoms with Gasteiger partial charge in [-0.2, -0.15) is 0 Å². The van der Waals surface area contributed by atoms with E-state index in [0.29, 0.717) is 0 Å². The molecule has 0 aromatic heterocycles. The molecule has 0 unspecified atom stereocenters. The summed E-state index contributed by atoms with van der Waals surface area (Å²) in [6.07, 6.45) is 1.06. The van der Waals surface area contributed by atoms with E-state index < -0.39 is 0 Å². The first-order chi connectivity index (χ1) is 11.2. The topological polar surface area (TPSA) is 17.1 Å². The van der Waals surface area contributed by atoms with Crippen molar-refractivity contribution in [3.05, 3.63) is 83.9 Å². The zero-order valence-electron chi connectivity index (χ0n) is 13.5. The number of Topliss-reactive ketones (excluding diaryl/α,β-unsaturated/α-hetero) is 1. The summed E-state index contributed by atoms with van der Waals surface area (Å²) in [6.45, 7) is 3.76. The van der Waals surface area contributed by atoms with Crippen LogP contribution in [-0.4, -0.2) is 5.78 Å². The second kappa shape index (κ2) is 6.62. The molecule has 0 aliphatic heterocycles. The van der Waals surface area contributed by atoms with E-state index in [1.54, 1.807) is 6.92 Å². The van der Waals surface area contributed by atoms with Crippen LogP contribution in [0.1, 0.15) is 29.8 Å². The van der Waals surface area contributed by atoms with Crippen LogP contribution in [0, 0.1) is 0 Å². The van der Waals surface area contributed by atoms with Crippen LogP contribution < -0.4 is 0 Å². The molecule has 0 amide bonds. The molecule has 3 aromatic carbocycles. The molecular weight excluding hydrogens is 280 g/mol. The Kier molecular flexibility index (Phi) is 4.38. The molecule has 114 valence electrons. The average Bonchev–Trinajstić information content (AvgIpc) is 2.62. The highest BCUT2D eigenvalue weighted by Gasteiger charge is 2.02. The van der Waals surface area contributed by atoms with E-state index in [0.717, 1.165) is 23.1 Å². The molecule has 0 saturated carbocycles. The highest BCUT2D eigenvalue weighted by molar-refractivity contribution is 5.94. The summed E-state index contributed by atoms with van der Waals surface area (Å²) < 4.78 is 0. The number of benzene rings is 3. The Balaban J connectivity index is 1.84. The van der Waals surface area contributed by atoms with E-state index in [1.165, 1.54) is 16.7 Å². The lowest BCUT2D eigenvalue weighted by molar-refractivity contribution is 0.101. The lowest BCUT2D eigenvalue weighted by Crippen LogP contribution is -1.90. The molecule has 0 atom stereocenters. The first-order valence-corrected chi connectivity index (χ1v) is 7.98. The van der Waals surface area contributed by atoms with Crippen LogP contribution in [0.4, 0.5) is 0 Å². The average molecular weight is 300 g/mol. The van der Waals surface area contributed by atoms with Crippen LogP contribution in [0.3, 0.4) is 0 Å². The van der Waals surface area contributed by atoms with Crippen LogP contribution in [-0.2, 0) is 6.42 Å². The molecule has 0 bridgehead atoms. The van der Waals surface area contributed by atoms with E-state index in [4.69, 9.17) is 0 Å². The molecule has 0 fully saturated rings. The summed E-state index contributed by atoms with van der Waals surface area (Å²) in [5, 5.41) is 0. The molecule has 0 aliphatic rings. The molecule has 0 spiro atoms. The van der Waals surface area contributed by atoms with Gasteiger partial charge in [-0.1, -0.05) is 79.7 Å². The predicted octanol–water partition coefficient (Wildman–Crippen LogP) is 5.79. The van der Waals surface area contributed by atoms with Crippen LogP contribution in [0.2, 0.25) is 0 Å². The summed E-state index contributed by atoms with van der Waals surface area (Å²) in [6, 6.07) is 25.0. The van der Waals surface area contributed by atoms with Gasteiger partial charge in [0.25, 0.3) is 0 Å². The standard InChI is InChI=1S/C22H20O/c1-3-17-4-6-19(7-5-17)21-12-14-22(15-13-21)20-10-8-18(9-11-20)16(2)23/h4-15H,3H2,1-2H3. The number of ketones is 1. The number of hydrogen-bond acceptors (Lipinski definition) is 1. The maximum absolute atomic E-state index is 11.3. The van der Waals surface area contributed by atoms with Gasteiger partial charge < -0.3 is 0 Å². The van der Waals surface area contributed by atoms with Gasteiger partial charge in [-0.25, -0.2) is 0 Å². The molecule has 1 heteroatoms. The van der Waals surface area contributed by atoms with Gasteiger partial charge in [0.1, 0.15) is 0 Å². The Bertz CT molecular complexity index is 794. The van der Waals surface area contributed by atoms with Crippen LogP contribution in [0.25, 0.3) is 22.3 Å². The van der Waals surface area contributed by atoms with E-state index in [9.17, 15) is 4.79 Å². The molecule has 1 nitrogen and oxygen atoms in total. The Hall–Kier alpha value is -2.67. The Morgan fingerprint density at radius 1 is 0.652 bits per heavy atom. The van der Waals surface area contributed by atoms with Crippen molar-refractivity contribution in [1.29, 1.82) is 0 Å². The number of hydrogen-bond donors (Lipinski definition) is 0. The molecule has 0 radical (unpaired) electrons. The minimum absolute atomic E-state index is 0.0995. The third-order valence-corrected chi connectivity index (χ3v) is 4.21. The van der Waals surface area contributed by atoms with Crippen molar-refractivity contribution in [1.82, 2.24) is 0 Å². The van der Waals surface area contributed by atoms with Crippen LogP contribution >= 0.6 is 0 Å². The number of rotatable bonds is 4. The SMILES string of the molecule is CCc1ccc(-c2ccc(-c3ccc(C(C)=O)cc3)cc2)cc1. The van der Waals surface area contributed by atoms with Gasteiger partial charge in [0.2, 0.25) is 0 Å². The number of aryl methyl sites for hydroxylation is 1. The van der Waals surface area contributed by atoms with Crippen molar-refractivity contribution in [3.63, 3.8) is 0 Å². The highest BCUT2D eigenvalue weighted by Crippen LogP contribution is 2.25. The number of carbonyl (C=O) groups is 1. The van der Waals surface area contributed by atoms with Crippen molar-refractivity contribution >= 4 is 5.78 Å². The van der Waals surface area contributed by atoms with Gasteiger partial charge in [0, 0.05) is 5.56 Å². The molecule has 0 heterocycles. The lowest BCUT2D eigenvalue weighted by Gasteiger charge is -2.06. The fourth-order valence-corrected chi connectivity index (χ4v) is 2.69. The Morgan fingerprint density at radius 3 is 1.35 bits per heavy atom. The van der Waals surface area contributed by atoms with E-state index in [1.807, 2.05) is 24.3 Å². The van der Waals surface area contributed by atoms with Gasteiger partial charge in [0.15, 0.2) is 5.78 Å². The molecule has 3 aromatic rings. The largest absolute Gasteiger partial charge is 0.295 e. The van der Waals surface area contributed by atoms with E-state index >= 15 is 0 Å². The Morgan fingerprint density at radius 2 is 1.00 bits per heavy atom. The van der Waals surface area contributed by atoms with Gasteiger partial charge >= 0.3 is 0 Å². The van der Waals surface area contributed by atoms with Crippen molar-refractivity contribution in [2.75, 3.05) is 0 Å². The van der Waals surface area contributed by atoms with Crippen molar-refractivity contribution < 1.29 is 4.79 Å². The summed E-state index contributed by atoms with van der Waals surface area (Å²) in [7, 11) is 0.